The van der Waals surface area contributed by atoms with Crippen molar-refractivity contribution in [1.29, 1.82) is 0 Å². The van der Waals surface area contributed by atoms with Crippen molar-refractivity contribution < 1.29 is 0 Å². The summed E-state index contributed by atoms with van der Waals surface area (Å²) in [5.74, 6) is 0.881. The standard InChI is InChI=1S/C15H22N2/c1-2-6-14-11-17-15(9-13(14)5-1)8-12-4-3-7-16-10-12/h1-2,5-6,12,15-17H,3-4,7-11H2. The molecule has 92 valence electrons. The van der Waals surface area contributed by atoms with Crippen LogP contribution in [-0.4, -0.2) is 19.1 Å². The van der Waals surface area contributed by atoms with Crippen molar-refractivity contribution >= 4 is 0 Å². The van der Waals surface area contributed by atoms with Gasteiger partial charge in [0.2, 0.25) is 0 Å². The summed E-state index contributed by atoms with van der Waals surface area (Å²) in [6.45, 7) is 3.50. The average Bonchev–Trinajstić information content (AvgIpc) is 2.40. The van der Waals surface area contributed by atoms with E-state index < -0.39 is 0 Å². The average molecular weight is 230 g/mol. The van der Waals surface area contributed by atoms with Crippen LogP contribution in [0.5, 0.6) is 0 Å². The van der Waals surface area contributed by atoms with Crippen LogP contribution in [0, 0.1) is 5.92 Å². The van der Waals surface area contributed by atoms with Crippen LogP contribution in [0.3, 0.4) is 0 Å². The number of hydrogen-bond acceptors (Lipinski definition) is 2. The van der Waals surface area contributed by atoms with Crippen LogP contribution in [-0.2, 0) is 13.0 Å². The summed E-state index contributed by atoms with van der Waals surface area (Å²) in [4.78, 5) is 0. The molecule has 2 N–H and O–H groups in total. The van der Waals surface area contributed by atoms with E-state index in [1.807, 2.05) is 0 Å². The Hall–Kier alpha value is -0.860. The molecule has 1 fully saturated rings. The van der Waals surface area contributed by atoms with Gasteiger partial charge in [-0.3, -0.25) is 0 Å². The summed E-state index contributed by atoms with van der Waals surface area (Å²) >= 11 is 0. The third-order valence-corrected chi connectivity index (χ3v) is 4.18. The Morgan fingerprint density at radius 2 is 2.06 bits per heavy atom. The van der Waals surface area contributed by atoms with Crippen molar-refractivity contribution in [3.63, 3.8) is 0 Å². The van der Waals surface area contributed by atoms with Crippen molar-refractivity contribution in [2.24, 2.45) is 5.92 Å². The first kappa shape index (κ1) is 11.2. The van der Waals surface area contributed by atoms with Gasteiger partial charge in [0.05, 0.1) is 0 Å². The highest BCUT2D eigenvalue weighted by atomic mass is 14.9. The Morgan fingerprint density at radius 1 is 1.18 bits per heavy atom. The molecular formula is C15H22N2. The zero-order valence-corrected chi connectivity index (χ0v) is 10.4. The maximum absolute atomic E-state index is 3.69. The van der Waals surface area contributed by atoms with Crippen molar-refractivity contribution in [2.75, 3.05) is 13.1 Å². The first-order valence-corrected chi connectivity index (χ1v) is 6.93. The second-order valence-electron chi connectivity index (χ2n) is 5.50. The van der Waals surface area contributed by atoms with Gasteiger partial charge in [-0.25, -0.2) is 0 Å². The molecule has 2 heteroatoms. The highest BCUT2D eigenvalue weighted by molar-refractivity contribution is 5.29. The normalized spacial score (nSPS) is 28.7. The summed E-state index contributed by atoms with van der Waals surface area (Å²) < 4.78 is 0. The Kier molecular flexibility index (Phi) is 3.44. The Balaban J connectivity index is 1.60. The molecule has 3 rings (SSSR count). The minimum absolute atomic E-state index is 0.690. The molecule has 2 nitrogen and oxygen atoms in total. The largest absolute Gasteiger partial charge is 0.316 e. The summed E-state index contributed by atoms with van der Waals surface area (Å²) in [7, 11) is 0. The molecule has 2 aliphatic rings. The zero-order valence-electron chi connectivity index (χ0n) is 10.4. The molecule has 0 bridgehead atoms. The van der Waals surface area contributed by atoms with Gasteiger partial charge in [-0.2, -0.15) is 0 Å². The van der Waals surface area contributed by atoms with Gasteiger partial charge < -0.3 is 10.6 Å². The monoisotopic (exact) mass is 230 g/mol. The smallest absolute Gasteiger partial charge is 0.0210 e. The van der Waals surface area contributed by atoms with E-state index in [0.717, 1.165) is 12.5 Å². The maximum atomic E-state index is 3.69. The van der Waals surface area contributed by atoms with Gasteiger partial charge in [0.1, 0.15) is 0 Å². The second kappa shape index (κ2) is 5.19. The third kappa shape index (κ3) is 2.70. The SMILES string of the molecule is c1ccc2c(c1)CNC(CC1CCCNC1)C2. The molecule has 17 heavy (non-hydrogen) atoms. The van der Waals surface area contributed by atoms with Crippen LogP contribution < -0.4 is 10.6 Å². The highest BCUT2D eigenvalue weighted by Gasteiger charge is 2.22. The fourth-order valence-corrected chi connectivity index (χ4v) is 3.22. The van der Waals surface area contributed by atoms with Crippen molar-refractivity contribution in [2.45, 2.75) is 38.3 Å². The van der Waals surface area contributed by atoms with E-state index >= 15 is 0 Å². The molecule has 1 saturated heterocycles. The summed E-state index contributed by atoms with van der Waals surface area (Å²) in [5, 5.41) is 7.21. The van der Waals surface area contributed by atoms with Crippen molar-refractivity contribution in [3.05, 3.63) is 35.4 Å². The molecule has 2 heterocycles. The highest BCUT2D eigenvalue weighted by Crippen LogP contribution is 2.22. The summed E-state index contributed by atoms with van der Waals surface area (Å²) in [5.41, 5.74) is 3.05. The van der Waals surface area contributed by atoms with Gasteiger partial charge in [-0.05, 0) is 55.8 Å². The quantitative estimate of drug-likeness (QED) is 0.813. The molecule has 0 aliphatic carbocycles. The van der Waals surface area contributed by atoms with Gasteiger partial charge in [-0.1, -0.05) is 24.3 Å². The number of benzene rings is 1. The molecule has 2 atom stereocenters. The lowest BCUT2D eigenvalue weighted by atomic mass is 9.87. The molecule has 2 unspecified atom stereocenters. The van der Waals surface area contributed by atoms with E-state index in [0.29, 0.717) is 6.04 Å². The molecular weight excluding hydrogens is 208 g/mol. The van der Waals surface area contributed by atoms with E-state index in [1.165, 1.54) is 44.3 Å². The topological polar surface area (TPSA) is 24.1 Å². The van der Waals surface area contributed by atoms with Gasteiger partial charge in [0.15, 0.2) is 0 Å². The predicted molar refractivity (Wildman–Crippen MR) is 71.0 cm³/mol. The molecule has 0 saturated carbocycles. The summed E-state index contributed by atoms with van der Waals surface area (Å²) in [6, 6.07) is 9.55. The molecule has 1 aromatic rings. The minimum atomic E-state index is 0.690. The van der Waals surface area contributed by atoms with Crippen molar-refractivity contribution in [3.8, 4) is 0 Å². The molecule has 0 radical (unpaired) electrons. The van der Waals surface area contributed by atoms with E-state index in [1.54, 1.807) is 5.56 Å². The van der Waals surface area contributed by atoms with Crippen molar-refractivity contribution in [1.82, 2.24) is 10.6 Å². The van der Waals surface area contributed by atoms with Crippen LogP contribution in [0.4, 0.5) is 0 Å². The Morgan fingerprint density at radius 3 is 2.88 bits per heavy atom. The number of fused-ring (bicyclic) bond motifs is 1. The molecule has 1 aromatic carbocycles. The van der Waals surface area contributed by atoms with E-state index in [9.17, 15) is 0 Å². The van der Waals surface area contributed by atoms with Crippen LogP contribution in [0.2, 0.25) is 0 Å². The number of rotatable bonds is 2. The second-order valence-corrected chi connectivity index (χ2v) is 5.50. The molecule has 2 aliphatic heterocycles. The van der Waals surface area contributed by atoms with Crippen LogP contribution >= 0.6 is 0 Å². The van der Waals surface area contributed by atoms with Gasteiger partial charge in [0, 0.05) is 12.6 Å². The van der Waals surface area contributed by atoms with E-state index in [4.69, 9.17) is 0 Å². The fraction of sp³-hybridized carbons (Fsp3) is 0.600. The first-order chi connectivity index (χ1) is 8.42. The van der Waals surface area contributed by atoms with Crippen LogP contribution in [0.1, 0.15) is 30.4 Å². The summed E-state index contributed by atoms with van der Waals surface area (Å²) in [6.07, 6.45) is 5.31. The van der Waals surface area contributed by atoms with Gasteiger partial charge >= 0.3 is 0 Å². The van der Waals surface area contributed by atoms with Gasteiger partial charge in [0.25, 0.3) is 0 Å². The maximum Gasteiger partial charge on any atom is 0.0210 e. The predicted octanol–water partition coefficient (Wildman–Crippen LogP) is 2.09. The lowest BCUT2D eigenvalue weighted by Gasteiger charge is -2.31. The van der Waals surface area contributed by atoms with Gasteiger partial charge in [-0.15, -0.1) is 0 Å². The molecule has 0 aromatic heterocycles. The fourth-order valence-electron chi connectivity index (χ4n) is 3.22. The Bertz CT molecular complexity index is 369. The van der Waals surface area contributed by atoms with E-state index in [2.05, 4.69) is 34.9 Å². The van der Waals surface area contributed by atoms with E-state index in [-0.39, 0.29) is 0 Å². The number of nitrogens with one attached hydrogen (secondary N) is 2. The number of hydrogen-bond donors (Lipinski definition) is 2. The molecule has 0 amide bonds. The van der Waals surface area contributed by atoms with Crippen LogP contribution in [0.15, 0.2) is 24.3 Å². The lowest BCUT2D eigenvalue weighted by Crippen LogP contribution is -2.40. The Labute approximate surface area is 104 Å². The molecule has 0 spiro atoms. The third-order valence-electron chi connectivity index (χ3n) is 4.18. The lowest BCUT2D eigenvalue weighted by molar-refractivity contribution is 0.305. The zero-order chi connectivity index (χ0) is 11.5. The number of piperidine rings is 1. The first-order valence-electron chi connectivity index (χ1n) is 6.93. The van der Waals surface area contributed by atoms with Crippen LogP contribution in [0.25, 0.3) is 0 Å². The minimum Gasteiger partial charge on any atom is -0.316 e.